The fraction of sp³-hybridized carbons (Fsp3) is 0.417. The van der Waals surface area contributed by atoms with Crippen LogP contribution >= 0.6 is 0 Å². The van der Waals surface area contributed by atoms with Crippen molar-refractivity contribution in [2.24, 2.45) is 0 Å². The Kier molecular flexibility index (Phi) is 4.15. The minimum atomic E-state index is -4.35. The molecule has 0 heterocycles. The quantitative estimate of drug-likeness (QED) is 0.765. The summed E-state index contributed by atoms with van der Waals surface area (Å²) in [7, 11) is 0. The molecule has 1 atom stereocenters. The lowest BCUT2D eigenvalue weighted by atomic mass is 10.1. The highest BCUT2D eigenvalue weighted by Gasteiger charge is 2.30. The topological polar surface area (TPSA) is 26.3 Å². The molecule has 0 bridgehead atoms. The van der Waals surface area contributed by atoms with E-state index >= 15 is 0 Å². The van der Waals surface area contributed by atoms with E-state index in [1.54, 1.807) is 13.0 Å². The molecule has 0 aromatic heterocycles. The molecule has 2 nitrogen and oxygen atoms in total. The zero-order chi connectivity index (χ0) is 13.1. The lowest BCUT2D eigenvalue weighted by Gasteiger charge is -2.13. The summed E-state index contributed by atoms with van der Waals surface area (Å²) < 4.78 is 42.1. The van der Waals surface area contributed by atoms with Crippen molar-refractivity contribution in [3.05, 3.63) is 35.4 Å². The van der Waals surface area contributed by atoms with E-state index in [9.17, 15) is 18.0 Å². The number of esters is 1. The predicted molar refractivity (Wildman–Crippen MR) is 56.4 cm³/mol. The molecule has 0 fully saturated rings. The summed E-state index contributed by atoms with van der Waals surface area (Å²) >= 11 is 0. The summed E-state index contributed by atoms with van der Waals surface area (Å²) in [5.41, 5.74) is -0.196. The summed E-state index contributed by atoms with van der Waals surface area (Å²) in [4.78, 5) is 10.7. The van der Waals surface area contributed by atoms with Crippen molar-refractivity contribution in [3.8, 4) is 0 Å². The monoisotopic (exact) mass is 246 g/mol. The van der Waals surface area contributed by atoms with E-state index in [0.717, 1.165) is 12.1 Å². The average Bonchev–Trinajstić information content (AvgIpc) is 2.15. The molecule has 0 saturated heterocycles. The van der Waals surface area contributed by atoms with Gasteiger partial charge < -0.3 is 4.74 Å². The van der Waals surface area contributed by atoms with Crippen LogP contribution in [0.2, 0.25) is 0 Å². The summed E-state index contributed by atoms with van der Waals surface area (Å²) in [6.45, 7) is 2.91. The SMILES string of the molecule is CC(=O)O[C@H](C)Cc1cccc(C(F)(F)F)c1. The van der Waals surface area contributed by atoms with Crippen LogP contribution in [0, 0.1) is 0 Å². The maximum atomic E-state index is 12.4. The first-order valence-corrected chi connectivity index (χ1v) is 5.12. The molecule has 1 aromatic rings. The minimum absolute atomic E-state index is 0.267. The number of hydrogen-bond donors (Lipinski definition) is 0. The lowest BCUT2D eigenvalue weighted by molar-refractivity contribution is -0.145. The third-order valence-electron chi connectivity index (χ3n) is 2.14. The molecule has 94 valence electrons. The highest BCUT2D eigenvalue weighted by molar-refractivity contribution is 5.66. The van der Waals surface area contributed by atoms with E-state index in [1.807, 2.05) is 0 Å². The van der Waals surface area contributed by atoms with Crippen LogP contribution in [-0.2, 0) is 22.1 Å². The van der Waals surface area contributed by atoms with Gasteiger partial charge in [0, 0.05) is 13.3 Å². The van der Waals surface area contributed by atoms with E-state index < -0.39 is 23.8 Å². The van der Waals surface area contributed by atoms with Gasteiger partial charge in [0.05, 0.1) is 5.56 Å². The first-order valence-electron chi connectivity index (χ1n) is 5.12. The van der Waals surface area contributed by atoms with Gasteiger partial charge in [-0.3, -0.25) is 4.79 Å². The zero-order valence-corrected chi connectivity index (χ0v) is 9.54. The summed E-state index contributed by atoms with van der Waals surface area (Å²) in [6.07, 6.45) is -4.51. The Hall–Kier alpha value is -1.52. The minimum Gasteiger partial charge on any atom is -0.463 e. The zero-order valence-electron chi connectivity index (χ0n) is 9.54. The van der Waals surface area contributed by atoms with Gasteiger partial charge in [0.25, 0.3) is 0 Å². The smallest absolute Gasteiger partial charge is 0.416 e. The number of halogens is 3. The van der Waals surface area contributed by atoms with Crippen LogP contribution in [0.15, 0.2) is 24.3 Å². The molecule has 1 aromatic carbocycles. The Labute approximate surface area is 97.4 Å². The van der Waals surface area contributed by atoms with Crippen molar-refractivity contribution >= 4 is 5.97 Å². The van der Waals surface area contributed by atoms with Crippen LogP contribution in [-0.4, -0.2) is 12.1 Å². The largest absolute Gasteiger partial charge is 0.463 e. The second-order valence-corrected chi connectivity index (χ2v) is 3.82. The molecule has 0 aliphatic carbocycles. The Bertz CT molecular complexity index is 399. The number of alkyl halides is 3. The van der Waals surface area contributed by atoms with Crippen molar-refractivity contribution in [1.29, 1.82) is 0 Å². The number of carbonyl (C=O) groups excluding carboxylic acids is 1. The van der Waals surface area contributed by atoms with Crippen molar-refractivity contribution < 1.29 is 22.7 Å². The van der Waals surface area contributed by atoms with Crippen LogP contribution in [0.3, 0.4) is 0 Å². The molecule has 0 aliphatic heterocycles. The van der Waals surface area contributed by atoms with Gasteiger partial charge in [-0.1, -0.05) is 18.2 Å². The Morgan fingerprint density at radius 1 is 1.41 bits per heavy atom. The molecular weight excluding hydrogens is 233 g/mol. The Balaban J connectivity index is 2.76. The number of ether oxygens (including phenoxy) is 1. The average molecular weight is 246 g/mol. The molecule has 0 N–H and O–H groups in total. The van der Waals surface area contributed by atoms with Crippen molar-refractivity contribution in [3.63, 3.8) is 0 Å². The molecule has 0 aliphatic rings. The second kappa shape index (κ2) is 5.21. The fourth-order valence-corrected chi connectivity index (χ4v) is 1.53. The van der Waals surface area contributed by atoms with E-state index in [1.165, 1.54) is 13.0 Å². The molecule has 0 spiro atoms. The summed E-state index contributed by atoms with van der Waals surface area (Å²) in [6, 6.07) is 5.01. The Morgan fingerprint density at radius 3 is 2.59 bits per heavy atom. The van der Waals surface area contributed by atoms with Crippen molar-refractivity contribution in [2.75, 3.05) is 0 Å². The van der Waals surface area contributed by atoms with Gasteiger partial charge in [0.1, 0.15) is 6.10 Å². The molecule has 0 amide bonds. The van der Waals surface area contributed by atoms with Crippen LogP contribution in [0.1, 0.15) is 25.0 Å². The molecule has 17 heavy (non-hydrogen) atoms. The third kappa shape index (κ3) is 4.46. The van der Waals surface area contributed by atoms with Crippen molar-refractivity contribution in [2.45, 2.75) is 32.5 Å². The fourth-order valence-electron chi connectivity index (χ4n) is 1.53. The van der Waals surface area contributed by atoms with Gasteiger partial charge in [0.15, 0.2) is 0 Å². The van der Waals surface area contributed by atoms with Gasteiger partial charge >= 0.3 is 12.1 Å². The number of hydrogen-bond acceptors (Lipinski definition) is 2. The van der Waals surface area contributed by atoms with Gasteiger partial charge in [-0.15, -0.1) is 0 Å². The van der Waals surface area contributed by atoms with Crippen LogP contribution in [0.25, 0.3) is 0 Å². The summed E-state index contributed by atoms with van der Waals surface area (Å²) in [5.74, 6) is -0.440. The molecule has 0 radical (unpaired) electrons. The number of rotatable bonds is 3. The van der Waals surface area contributed by atoms with Gasteiger partial charge in [0.2, 0.25) is 0 Å². The van der Waals surface area contributed by atoms with Crippen LogP contribution in [0.4, 0.5) is 13.2 Å². The molecule has 0 saturated carbocycles. The van der Waals surface area contributed by atoms with Gasteiger partial charge in [-0.25, -0.2) is 0 Å². The first kappa shape index (κ1) is 13.5. The molecule has 1 rings (SSSR count). The Morgan fingerprint density at radius 2 is 2.06 bits per heavy atom. The third-order valence-corrected chi connectivity index (χ3v) is 2.14. The highest BCUT2D eigenvalue weighted by Crippen LogP contribution is 2.29. The molecular formula is C12H13F3O2. The molecule has 5 heteroatoms. The normalized spacial score (nSPS) is 13.2. The van der Waals surface area contributed by atoms with Crippen LogP contribution < -0.4 is 0 Å². The first-order chi connectivity index (χ1) is 7.79. The lowest BCUT2D eigenvalue weighted by Crippen LogP contribution is -2.15. The maximum Gasteiger partial charge on any atom is 0.416 e. The standard InChI is InChI=1S/C12H13F3O2/c1-8(17-9(2)16)6-10-4-3-5-11(7-10)12(13,14)15/h3-5,7-8H,6H2,1-2H3/t8-/m1/s1. The maximum absolute atomic E-state index is 12.4. The van der Waals surface area contributed by atoms with E-state index in [-0.39, 0.29) is 6.42 Å². The van der Waals surface area contributed by atoms with Gasteiger partial charge in [-0.2, -0.15) is 13.2 Å². The van der Waals surface area contributed by atoms with Gasteiger partial charge in [-0.05, 0) is 18.6 Å². The van der Waals surface area contributed by atoms with E-state index in [0.29, 0.717) is 5.56 Å². The predicted octanol–water partition coefficient (Wildman–Crippen LogP) is 3.20. The molecule has 0 unspecified atom stereocenters. The van der Waals surface area contributed by atoms with E-state index in [4.69, 9.17) is 4.74 Å². The second-order valence-electron chi connectivity index (χ2n) is 3.82. The van der Waals surface area contributed by atoms with Crippen molar-refractivity contribution in [1.82, 2.24) is 0 Å². The van der Waals surface area contributed by atoms with Crippen LogP contribution in [0.5, 0.6) is 0 Å². The summed E-state index contributed by atoms with van der Waals surface area (Å²) in [5, 5.41) is 0. The number of carbonyl (C=O) groups is 1. The number of benzene rings is 1. The highest BCUT2D eigenvalue weighted by atomic mass is 19.4. The van der Waals surface area contributed by atoms with E-state index in [2.05, 4.69) is 0 Å².